The molecule has 0 bridgehead atoms. The van der Waals surface area contributed by atoms with Crippen LogP contribution in [0.15, 0.2) is 22.7 Å². The summed E-state index contributed by atoms with van der Waals surface area (Å²) in [6.45, 7) is 0.386. The number of hydrogen-bond donors (Lipinski definition) is 2. The van der Waals surface area contributed by atoms with Crippen LogP contribution in [0.2, 0.25) is 0 Å². The number of β-amino-alcohol motifs (C(OH)–C–C–N with tert-alkyl or cyclic N) is 2. The van der Waals surface area contributed by atoms with Crippen LogP contribution in [0.3, 0.4) is 0 Å². The summed E-state index contributed by atoms with van der Waals surface area (Å²) in [4.78, 5) is 12.0. The highest BCUT2D eigenvalue weighted by atomic mass is 79.9. The van der Waals surface area contributed by atoms with Gasteiger partial charge in [-0.05, 0) is 12.1 Å². The molecule has 6 nitrogen and oxygen atoms in total. The maximum absolute atomic E-state index is 10.9. The summed E-state index contributed by atoms with van der Waals surface area (Å²) in [5.74, 6) is 0. The highest BCUT2D eigenvalue weighted by Crippen LogP contribution is 2.33. The number of aliphatic hydroxyl groups is 2. The monoisotopic (exact) mass is 302 g/mol. The van der Waals surface area contributed by atoms with E-state index in [0.29, 0.717) is 10.2 Å². The van der Waals surface area contributed by atoms with Gasteiger partial charge in [0.15, 0.2) is 0 Å². The van der Waals surface area contributed by atoms with Crippen molar-refractivity contribution in [3.05, 3.63) is 32.8 Å². The summed E-state index contributed by atoms with van der Waals surface area (Å²) in [5, 5.41) is 29.8. The molecule has 2 unspecified atom stereocenters. The van der Waals surface area contributed by atoms with Gasteiger partial charge >= 0.3 is 0 Å². The molecule has 0 aliphatic carbocycles. The van der Waals surface area contributed by atoms with Gasteiger partial charge in [-0.2, -0.15) is 0 Å². The number of nitro groups is 1. The van der Waals surface area contributed by atoms with E-state index in [1.165, 1.54) is 6.07 Å². The summed E-state index contributed by atoms with van der Waals surface area (Å²) in [5.41, 5.74) is 0.370. The highest BCUT2D eigenvalue weighted by Gasteiger charge is 2.32. The lowest BCUT2D eigenvalue weighted by atomic mass is 10.2. The van der Waals surface area contributed by atoms with Crippen LogP contribution in [0.25, 0.3) is 0 Å². The van der Waals surface area contributed by atoms with E-state index in [1.54, 1.807) is 17.0 Å². The van der Waals surface area contributed by atoms with Gasteiger partial charge in [-0.1, -0.05) is 15.9 Å². The second-order valence-electron chi connectivity index (χ2n) is 3.93. The van der Waals surface area contributed by atoms with E-state index in [-0.39, 0.29) is 18.8 Å². The van der Waals surface area contributed by atoms with Crippen molar-refractivity contribution in [2.75, 3.05) is 18.0 Å². The van der Waals surface area contributed by atoms with Gasteiger partial charge in [-0.15, -0.1) is 0 Å². The molecular weight excluding hydrogens is 292 g/mol. The van der Waals surface area contributed by atoms with Crippen LogP contribution < -0.4 is 4.90 Å². The molecule has 1 heterocycles. The lowest BCUT2D eigenvalue weighted by Crippen LogP contribution is -2.22. The van der Waals surface area contributed by atoms with Crippen LogP contribution >= 0.6 is 15.9 Å². The Morgan fingerprint density at radius 1 is 1.35 bits per heavy atom. The Bertz CT molecular complexity index is 444. The Labute approximate surface area is 106 Å². The number of aliphatic hydroxyl groups excluding tert-OH is 2. The zero-order valence-electron chi connectivity index (χ0n) is 8.78. The first-order chi connectivity index (χ1) is 7.99. The smallest absolute Gasteiger partial charge is 0.292 e. The molecule has 0 amide bonds. The average Bonchev–Trinajstić information content (AvgIpc) is 2.58. The van der Waals surface area contributed by atoms with Crippen LogP contribution in [0.5, 0.6) is 0 Å². The zero-order chi connectivity index (χ0) is 12.6. The van der Waals surface area contributed by atoms with Crippen molar-refractivity contribution < 1.29 is 15.1 Å². The van der Waals surface area contributed by atoms with Crippen LogP contribution in [0.1, 0.15) is 0 Å². The minimum Gasteiger partial charge on any atom is -0.389 e. The van der Waals surface area contributed by atoms with Crippen LogP contribution in [-0.2, 0) is 0 Å². The van der Waals surface area contributed by atoms with E-state index in [4.69, 9.17) is 0 Å². The number of nitro benzene ring substituents is 1. The molecule has 0 saturated carbocycles. The van der Waals surface area contributed by atoms with Gasteiger partial charge in [0.25, 0.3) is 5.69 Å². The molecule has 2 N–H and O–H groups in total. The maximum atomic E-state index is 10.9. The number of rotatable bonds is 2. The molecule has 92 valence electrons. The Morgan fingerprint density at radius 2 is 1.94 bits per heavy atom. The van der Waals surface area contributed by atoms with E-state index < -0.39 is 17.1 Å². The Hall–Kier alpha value is -1.18. The first-order valence-electron chi connectivity index (χ1n) is 5.04. The normalized spacial score (nSPS) is 24.1. The second kappa shape index (κ2) is 4.59. The molecule has 0 radical (unpaired) electrons. The first kappa shape index (κ1) is 12.3. The maximum Gasteiger partial charge on any atom is 0.292 e. The van der Waals surface area contributed by atoms with Crippen LogP contribution in [0, 0.1) is 10.1 Å². The fourth-order valence-corrected chi connectivity index (χ4v) is 2.22. The molecule has 1 aromatic rings. The van der Waals surface area contributed by atoms with E-state index in [2.05, 4.69) is 15.9 Å². The Kier molecular flexibility index (Phi) is 3.32. The number of nitrogens with zero attached hydrogens (tertiary/aromatic N) is 2. The molecule has 17 heavy (non-hydrogen) atoms. The van der Waals surface area contributed by atoms with Crippen molar-refractivity contribution in [2.24, 2.45) is 0 Å². The van der Waals surface area contributed by atoms with Crippen molar-refractivity contribution in [1.82, 2.24) is 0 Å². The summed E-state index contributed by atoms with van der Waals surface area (Å²) < 4.78 is 0.717. The third kappa shape index (κ3) is 2.41. The average molecular weight is 303 g/mol. The Morgan fingerprint density at radius 3 is 2.47 bits per heavy atom. The third-order valence-corrected chi connectivity index (χ3v) is 3.23. The second-order valence-corrected chi connectivity index (χ2v) is 4.85. The summed E-state index contributed by atoms with van der Waals surface area (Å²) in [7, 11) is 0. The first-order valence-corrected chi connectivity index (χ1v) is 5.83. The minimum atomic E-state index is -0.867. The number of anilines is 1. The minimum absolute atomic E-state index is 0.0329. The van der Waals surface area contributed by atoms with Gasteiger partial charge in [0.2, 0.25) is 0 Å². The summed E-state index contributed by atoms with van der Waals surface area (Å²) >= 11 is 3.25. The van der Waals surface area contributed by atoms with E-state index in [1.807, 2.05) is 0 Å². The molecule has 0 aromatic heterocycles. The molecule has 2 atom stereocenters. The summed E-state index contributed by atoms with van der Waals surface area (Å²) in [6.07, 6.45) is -1.73. The number of hydrogen-bond acceptors (Lipinski definition) is 5. The molecular formula is C10H11BrN2O4. The van der Waals surface area contributed by atoms with E-state index in [9.17, 15) is 20.3 Å². The molecule has 0 spiro atoms. The van der Waals surface area contributed by atoms with Gasteiger partial charge in [0.05, 0.1) is 17.1 Å². The topological polar surface area (TPSA) is 86.8 Å². The molecule has 1 aliphatic heterocycles. The SMILES string of the molecule is O=[N+]([O-])c1ccc(Br)cc1N1CC(O)C(O)C1. The number of benzene rings is 1. The molecule has 1 aliphatic rings. The van der Waals surface area contributed by atoms with E-state index in [0.717, 1.165) is 0 Å². The predicted molar refractivity (Wildman–Crippen MR) is 65.0 cm³/mol. The van der Waals surface area contributed by atoms with Gasteiger partial charge in [-0.3, -0.25) is 10.1 Å². The standard InChI is InChI=1S/C10H11BrN2O4/c11-6-1-2-7(13(16)17)8(3-6)12-4-9(14)10(15)5-12/h1-3,9-10,14-15H,4-5H2. The lowest BCUT2D eigenvalue weighted by molar-refractivity contribution is -0.384. The van der Waals surface area contributed by atoms with Gasteiger partial charge in [0, 0.05) is 23.6 Å². The van der Waals surface area contributed by atoms with Gasteiger partial charge in [-0.25, -0.2) is 0 Å². The van der Waals surface area contributed by atoms with Crippen molar-refractivity contribution >= 4 is 27.3 Å². The molecule has 7 heteroatoms. The molecule has 1 saturated heterocycles. The molecule has 2 rings (SSSR count). The van der Waals surface area contributed by atoms with Gasteiger partial charge < -0.3 is 15.1 Å². The summed E-state index contributed by atoms with van der Waals surface area (Å²) in [6, 6.07) is 4.60. The number of halogens is 1. The van der Waals surface area contributed by atoms with Crippen molar-refractivity contribution in [3.63, 3.8) is 0 Å². The largest absolute Gasteiger partial charge is 0.389 e. The fraction of sp³-hybridized carbons (Fsp3) is 0.400. The quantitative estimate of drug-likeness (QED) is 0.626. The van der Waals surface area contributed by atoms with Gasteiger partial charge in [0.1, 0.15) is 5.69 Å². The van der Waals surface area contributed by atoms with E-state index >= 15 is 0 Å². The molecule has 1 aromatic carbocycles. The zero-order valence-corrected chi connectivity index (χ0v) is 10.4. The van der Waals surface area contributed by atoms with Crippen LogP contribution in [-0.4, -0.2) is 40.4 Å². The van der Waals surface area contributed by atoms with Crippen molar-refractivity contribution in [3.8, 4) is 0 Å². The van der Waals surface area contributed by atoms with Crippen LogP contribution in [0.4, 0.5) is 11.4 Å². The fourth-order valence-electron chi connectivity index (χ4n) is 1.87. The molecule has 1 fully saturated rings. The lowest BCUT2D eigenvalue weighted by Gasteiger charge is -2.17. The Balaban J connectivity index is 2.37. The van der Waals surface area contributed by atoms with Crippen molar-refractivity contribution in [2.45, 2.75) is 12.2 Å². The van der Waals surface area contributed by atoms with Crippen molar-refractivity contribution in [1.29, 1.82) is 0 Å². The highest BCUT2D eigenvalue weighted by molar-refractivity contribution is 9.10. The third-order valence-electron chi connectivity index (χ3n) is 2.73. The predicted octanol–water partition coefficient (Wildman–Crippen LogP) is 0.899.